The van der Waals surface area contributed by atoms with Gasteiger partial charge in [-0.3, -0.25) is 4.79 Å². The van der Waals surface area contributed by atoms with Crippen molar-refractivity contribution < 1.29 is 14.3 Å². The molecule has 2 saturated heterocycles. The lowest BCUT2D eigenvalue weighted by molar-refractivity contribution is -0.139. The van der Waals surface area contributed by atoms with Gasteiger partial charge in [0.25, 0.3) is 0 Å². The van der Waals surface area contributed by atoms with Crippen LogP contribution in [0.3, 0.4) is 0 Å². The van der Waals surface area contributed by atoms with Gasteiger partial charge in [-0.25, -0.2) is 4.79 Å². The van der Waals surface area contributed by atoms with Crippen molar-refractivity contribution in [3.63, 3.8) is 0 Å². The Kier molecular flexibility index (Phi) is 4.98. The van der Waals surface area contributed by atoms with Crippen LogP contribution in [0.15, 0.2) is 24.3 Å². The number of benzene rings is 1. The minimum atomic E-state index is -0.441. The lowest BCUT2D eigenvalue weighted by Crippen LogP contribution is -2.54. The molecule has 4 rings (SSSR count). The number of hydrogen-bond donors (Lipinski definition) is 1. The van der Waals surface area contributed by atoms with E-state index >= 15 is 0 Å². The molecule has 146 valence electrons. The maximum absolute atomic E-state index is 13.7. The molecule has 27 heavy (non-hydrogen) atoms. The number of likely N-dealkylation sites (tertiary alicyclic amines) is 1. The van der Waals surface area contributed by atoms with Gasteiger partial charge in [0, 0.05) is 26.2 Å². The first-order chi connectivity index (χ1) is 13.1. The molecule has 3 amide bonds. The van der Waals surface area contributed by atoms with Crippen LogP contribution in [0.2, 0.25) is 0 Å². The molecule has 1 aliphatic carbocycles. The van der Waals surface area contributed by atoms with Crippen molar-refractivity contribution in [3.05, 3.63) is 29.8 Å². The third-order valence-electron chi connectivity index (χ3n) is 6.50. The minimum absolute atomic E-state index is 0.0117. The Balaban J connectivity index is 1.57. The van der Waals surface area contributed by atoms with Gasteiger partial charge >= 0.3 is 6.03 Å². The molecule has 1 unspecified atom stereocenters. The van der Waals surface area contributed by atoms with Crippen molar-refractivity contribution in [1.82, 2.24) is 15.1 Å². The lowest BCUT2D eigenvalue weighted by Gasteiger charge is -2.41. The number of amides is 3. The highest BCUT2D eigenvalue weighted by Gasteiger charge is 2.46. The molecule has 6 nitrogen and oxygen atoms in total. The summed E-state index contributed by atoms with van der Waals surface area (Å²) in [7, 11) is 1.67. The third-order valence-corrected chi connectivity index (χ3v) is 6.50. The summed E-state index contributed by atoms with van der Waals surface area (Å²) in [6, 6.07) is 8.15. The van der Waals surface area contributed by atoms with E-state index in [1.807, 2.05) is 28.0 Å². The van der Waals surface area contributed by atoms with Crippen molar-refractivity contribution >= 4 is 11.9 Å². The van der Waals surface area contributed by atoms with Gasteiger partial charge in [-0.15, -0.1) is 0 Å². The molecular weight excluding hydrogens is 342 g/mol. The molecule has 1 saturated carbocycles. The van der Waals surface area contributed by atoms with E-state index in [2.05, 4.69) is 11.4 Å². The Labute approximate surface area is 160 Å². The van der Waals surface area contributed by atoms with E-state index in [0.29, 0.717) is 13.1 Å². The molecule has 1 atom stereocenters. The van der Waals surface area contributed by atoms with Gasteiger partial charge in [-0.05, 0) is 43.4 Å². The number of piperidine rings is 1. The highest BCUT2D eigenvalue weighted by molar-refractivity contribution is 5.89. The van der Waals surface area contributed by atoms with E-state index in [1.165, 1.54) is 0 Å². The Hall–Kier alpha value is -2.24. The first kappa shape index (κ1) is 18.1. The van der Waals surface area contributed by atoms with Crippen LogP contribution in [-0.4, -0.2) is 61.1 Å². The molecule has 0 aromatic heterocycles. The Morgan fingerprint density at radius 3 is 2.74 bits per heavy atom. The van der Waals surface area contributed by atoms with Crippen molar-refractivity contribution in [1.29, 1.82) is 0 Å². The number of hydrogen-bond acceptors (Lipinski definition) is 3. The summed E-state index contributed by atoms with van der Waals surface area (Å²) < 4.78 is 5.41. The second-order valence-electron chi connectivity index (χ2n) is 7.99. The number of carbonyl (C=O) groups is 2. The standard InChI is InChI=1S/C21H29N3O3/c1-27-18-8-4-6-16(14-18)21(9-2-3-10-21)19(25)23-12-5-7-17(15-23)24-13-11-22-20(24)26/h4,6,8,14,17H,2-3,5,7,9-13,15H2,1H3,(H,22,26). The monoisotopic (exact) mass is 371 g/mol. The normalized spacial score (nSPS) is 24.8. The summed E-state index contributed by atoms with van der Waals surface area (Å²) in [6.45, 7) is 2.89. The number of carbonyl (C=O) groups excluding carboxylic acids is 2. The number of methoxy groups -OCH3 is 1. The van der Waals surface area contributed by atoms with Crippen LogP contribution in [0.25, 0.3) is 0 Å². The summed E-state index contributed by atoms with van der Waals surface area (Å²) in [5.41, 5.74) is 0.634. The topological polar surface area (TPSA) is 61.9 Å². The Morgan fingerprint density at radius 1 is 1.22 bits per heavy atom. The van der Waals surface area contributed by atoms with Gasteiger partial charge in [-0.2, -0.15) is 0 Å². The highest BCUT2D eigenvalue weighted by Crippen LogP contribution is 2.44. The fraction of sp³-hybridized carbons (Fsp3) is 0.619. The van der Waals surface area contributed by atoms with E-state index < -0.39 is 5.41 Å². The van der Waals surface area contributed by atoms with Gasteiger partial charge in [0.1, 0.15) is 5.75 Å². The van der Waals surface area contributed by atoms with Crippen molar-refractivity contribution in [2.75, 3.05) is 33.3 Å². The van der Waals surface area contributed by atoms with Crippen LogP contribution < -0.4 is 10.1 Å². The van der Waals surface area contributed by atoms with Crippen LogP contribution in [0, 0.1) is 0 Å². The molecule has 1 aromatic rings. The van der Waals surface area contributed by atoms with Gasteiger partial charge in [-0.1, -0.05) is 25.0 Å². The second kappa shape index (κ2) is 7.41. The lowest BCUT2D eigenvalue weighted by atomic mass is 9.77. The molecule has 1 aromatic carbocycles. The largest absolute Gasteiger partial charge is 0.497 e. The van der Waals surface area contributed by atoms with Crippen LogP contribution in [0.4, 0.5) is 4.79 Å². The summed E-state index contributed by atoms with van der Waals surface area (Å²) in [6.07, 6.45) is 5.87. The first-order valence-electron chi connectivity index (χ1n) is 10.1. The molecule has 2 heterocycles. The van der Waals surface area contributed by atoms with Crippen LogP contribution in [0.1, 0.15) is 44.1 Å². The Bertz CT molecular complexity index is 714. The molecule has 6 heteroatoms. The maximum atomic E-state index is 13.7. The first-order valence-corrected chi connectivity index (χ1v) is 10.1. The summed E-state index contributed by atoms with van der Waals surface area (Å²) >= 11 is 0. The van der Waals surface area contributed by atoms with E-state index in [0.717, 1.165) is 62.9 Å². The molecular formula is C21H29N3O3. The number of nitrogens with zero attached hydrogens (tertiary/aromatic N) is 2. The fourth-order valence-corrected chi connectivity index (χ4v) is 5.06. The van der Waals surface area contributed by atoms with Gasteiger partial charge in [0.2, 0.25) is 5.91 Å². The van der Waals surface area contributed by atoms with Crippen molar-refractivity contribution in [3.8, 4) is 5.75 Å². The van der Waals surface area contributed by atoms with E-state index in [4.69, 9.17) is 4.74 Å². The van der Waals surface area contributed by atoms with Crippen molar-refractivity contribution in [2.24, 2.45) is 0 Å². The molecule has 2 aliphatic heterocycles. The number of nitrogens with one attached hydrogen (secondary N) is 1. The molecule has 3 aliphatic rings. The van der Waals surface area contributed by atoms with Crippen molar-refractivity contribution in [2.45, 2.75) is 50.0 Å². The highest BCUT2D eigenvalue weighted by atomic mass is 16.5. The van der Waals surface area contributed by atoms with Gasteiger partial charge in [0.15, 0.2) is 0 Å². The second-order valence-corrected chi connectivity index (χ2v) is 7.99. The molecule has 0 radical (unpaired) electrons. The summed E-state index contributed by atoms with van der Waals surface area (Å²) in [5.74, 6) is 1.04. The zero-order valence-electron chi connectivity index (χ0n) is 16.1. The van der Waals surface area contributed by atoms with Crippen LogP contribution >= 0.6 is 0 Å². The number of ether oxygens (including phenoxy) is 1. The van der Waals surface area contributed by atoms with Gasteiger partial charge < -0.3 is 19.9 Å². The zero-order chi connectivity index (χ0) is 18.9. The Morgan fingerprint density at radius 2 is 2.04 bits per heavy atom. The SMILES string of the molecule is COc1cccc(C2(C(=O)N3CCCC(N4CCNC4=O)C3)CCCC2)c1. The van der Waals surface area contributed by atoms with E-state index in [9.17, 15) is 9.59 Å². The molecule has 0 bridgehead atoms. The molecule has 3 fully saturated rings. The van der Waals surface area contributed by atoms with E-state index in [1.54, 1.807) is 7.11 Å². The molecule has 1 N–H and O–H groups in total. The fourth-order valence-electron chi connectivity index (χ4n) is 5.06. The average molecular weight is 371 g/mol. The number of rotatable bonds is 4. The molecule has 0 spiro atoms. The smallest absolute Gasteiger partial charge is 0.317 e. The average Bonchev–Trinajstić information content (AvgIpc) is 3.37. The minimum Gasteiger partial charge on any atom is -0.497 e. The zero-order valence-corrected chi connectivity index (χ0v) is 16.1. The van der Waals surface area contributed by atoms with Gasteiger partial charge in [0.05, 0.1) is 18.6 Å². The third kappa shape index (κ3) is 3.26. The van der Waals surface area contributed by atoms with Crippen LogP contribution in [-0.2, 0) is 10.2 Å². The maximum Gasteiger partial charge on any atom is 0.317 e. The number of urea groups is 1. The summed E-state index contributed by atoms with van der Waals surface area (Å²) in [4.78, 5) is 29.7. The summed E-state index contributed by atoms with van der Waals surface area (Å²) in [5, 5.41) is 2.88. The quantitative estimate of drug-likeness (QED) is 0.885. The van der Waals surface area contributed by atoms with E-state index in [-0.39, 0.29) is 18.0 Å². The predicted molar refractivity (Wildman–Crippen MR) is 103 cm³/mol. The predicted octanol–water partition coefficient (Wildman–Crippen LogP) is 2.52. The van der Waals surface area contributed by atoms with Crippen LogP contribution in [0.5, 0.6) is 5.75 Å².